The SMILES string of the molecule is Cc1nc(N[C@H](C)c2cccc3c(F)coc23)c2cn(C3(C(F)F)CC3)c(=O)cc2n1.Cc1nc(N[C@H](C)c2cccc3c2OCC3(F)F)c2cn(C3(C(F)F)CC3)c(=O)cc2n1. The van der Waals surface area contributed by atoms with Crippen LogP contribution >= 0.6 is 0 Å². The third-order valence-electron chi connectivity index (χ3n) is 12.0. The van der Waals surface area contributed by atoms with Crippen LogP contribution in [0.2, 0.25) is 0 Å². The van der Waals surface area contributed by atoms with E-state index in [1.165, 1.54) is 36.7 Å². The number of nitrogens with zero attached hydrogens (tertiary/aromatic N) is 6. The summed E-state index contributed by atoms with van der Waals surface area (Å²) >= 11 is 0. The molecule has 2 aliphatic carbocycles. The third kappa shape index (κ3) is 7.19. The molecule has 12 nitrogen and oxygen atoms in total. The van der Waals surface area contributed by atoms with E-state index in [-0.39, 0.29) is 43.0 Å². The minimum Gasteiger partial charge on any atom is -0.486 e. The number of hydrogen-bond acceptors (Lipinski definition) is 10. The molecule has 0 unspecified atom stereocenters. The number of para-hydroxylation sites is 2. The van der Waals surface area contributed by atoms with Gasteiger partial charge in [-0.1, -0.05) is 24.3 Å². The van der Waals surface area contributed by atoms with Crippen LogP contribution in [0.15, 0.2) is 81.2 Å². The first-order valence-corrected chi connectivity index (χ1v) is 20.1. The molecule has 63 heavy (non-hydrogen) atoms. The normalized spacial score (nSPS) is 17.6. The van der Waals surface area contributed by atoms with Gasteiger partial charge in [0.05, 0.1) is 44.8 Å². The summed E-state index contributed by atoms with van der Waals surface area (Å²) in [6, 6.07) is 11.4. The minimum atomic E-state index is -3.06. The number of aromatic nitrogens is 6. The van der Waals surface area contributed by atoms with Crippen LogP contribution < -0.4 is 26.5 Å². The van der Waals surface area contributed by atoms with E-state index in [2.05, 4.69) is 30.6 Å². The minimum absolute atomic E-state index is 0.124. The molecule has 10 rings (SSSR count). The Hall–Kier alpha value is -6.53. The standard InChI is InChI=1S/C22H20F4N4O2.C22H19F3N4O2/c1-11(13-4-3-5-15-18(13)32-10-22(15,25)26)27-19-14-9-30(21(6-7-21)20(23)24)17(31)8-16(14)28-12(2)29-19;1-11(13-4-3-5-14-16(23)10-31-19(13)14)26-20-15-9-29(22(6-7-22)21(24)25)18(30)8-17(15)27-12(2)28-20/h3-5,8-9,11,20H,6-7,10H2,1-2H3,(H,27,28,29);3-5,8-11,21H,6-7H2,1-2H3,(H,26,27,28)/t2*11-/m11/s1. The molecular weight excluding hydrogens is 838 g/mol. The lowest BCUT2D eigenvalue weighted by molar-refractivity contribution is -0.0214. The van der Waals surface area contributed by atoms with E-state index in [0.29, 0.717) is 67.2 Å². The number of nitrogens with one attached hydrogen (secondary N) is 2. The predicted octanol–water partition coefficient (Wildman–Crippen LogP) is 9.42. The van der Waals surface area contributed by atoms with Crippen molar-refractivity contribution in [1.29, 1.82) is 0 Å². The van der Waals surface area contributed by atoms with Crippen LogP contribution in [0.1, 0.15) is 80.0 Å². The number of anilines is 2. The molecule has 328 valence electrons. The molecule has 6 heterocycles. The van der Waals surface area contributed by atoms with Gasteiger partial charge in [0.15, 0.2) is 12.4 Å². The lowest BCUT2D eigenvalue weighted by Crippen LogP contribution is -2.35. The zero-order chi connectivity index (χ0) is 44.7. The van der Waals surface area contributed by atoms with Crippen LogP contribution in [-0.4, -0.2) is 48.5 Å². The summed E-state index contributed by atoms with van der Waals surface area (Å²) in [7, 11) is 0. The number of furan rings is 1. The van der Waals surface area contributed by atoms with Crippen molar-refractivity contribution in [2.75, 3.05) is 17.2 Å². The number of rotatable bonds is 10. The zero-order valence-electron chi connectivity index (χ0n) is 34.2. The van der Waals surface area contributed by atoms with Gasteiger partial charge in [0.2, 0.25) is 0 Å². The lowest BCUT2D eigenvalue weighted by atomic mass is 10.0. The van der Waals surface area contributed by atoms with Crippen LogP contribution in [0.5, 0.6) is 5.75 Å². The topological polar surface area (TPSA) is 142 Å². The molecule has 19 heteroatoms. The van der Waals surface area contributed by atoms with Gasteiger partial charge in [0.1, 0.15) is 52.0 Å². The molecule has 0 bridgehead atoms. The number of benzene rings is 2. The van der Waals surface area contributed by atoms with Crippen molar-refractivity contribution in [3.05, 3.63) is 122 Å². The van der Waals surface area contributed by atoms with Gasteiger partial charge in [-0.25, -0.2) is 41.9 Å². The first kappa shape index (κ1) is 41.8. The highest BCUT2D eigenvalue weighted by molar-refractivity contribution is 5.90. The summed E-state index contributed by atoms with van der Waals surface area (Å²) in [5, 5.41) is 7.65. The number of hydrogen-bond donors (Lipinski definition) is 2. The van der Waals surface area contributed by atoms with Crippen molar-refractivity contribution in [3.63, 3.8) is 0 Å². The zero-order valence-corrected chi connectivity index (χ0v) is 34.2. The highest BCUT2D eigenvalue weighted by atomic mass is 19.3. The average molecular weight is 877 g/mol. The lowest BCUT2D eigenvalue weighted by Gasteiger charge is -2.21. The Balaban J connectivity index is 0.000000160. The molecule has 3 aliphatic rings. The Kier molecular flexibility index (Phi) is 10.0. The maximum atomic E-state index is 14.1. The van der Waals surface area contributed by atoms with Crippen molar-refractivity contribution >= 4 is 44.4 Å². The van der Waals surface area contributed by atoms with Crippen molar-refractivity contribution in [2.45, 2.75) is 95.3 Å². The van der Waals surface area contributed by atoms with Gasteiger partial charge in [0.25, 0.3) is 24.0 Å². The Labute approximate surface area is 353 Å². The van der Waals surface area contributed by atoms with E-state index >= 15 is 0 Å². The average Bonchev–Trinajstić information content (AvgIpc) is 4.15. The molecule has 2 saturated carbocycles. The molecule has 0 radical (unpaired) electrons. The number of aryl methyl sites for hydroxylation is 2. The summed E-state index contributed by atoms with van der Waals surface area (Å²) < 4.78 is 109. The number of halogens is 7. The predicted molar refractivity (Wildman–Crippen MR) is 220 cm³/mol. The van der Waals surface area contributed by atoms with Crippen molar-refractivity contribution in [3.8, 4) is 5.75 Å². The Morgan fingerprint density at radius 3 is 1.70 bits per heavy atom. The monoisotopic (exact) mass is 876 g/mol. The fourth-order valence-electron chi connectivity index (χ4n) is 8.28. The number of pyridine rings is 2. The summed E-state index contributed by atoms with van der Waals surface area (Å²) in [5.41, 5.74) is -1.86. The van der Waals surface area contributed by atoms with Gasteiger partial charge < -0.3 is 28.9 Å². The van der Waals surface area contributed by atoms with Crippen LogP contribution in [0.3, 0.4) is 0 Å². The first-order chi connectivity index (χ1) is 29.9. The molecule has 5 aromatic heterocycles. The second-order valence-corrected chi connectivity index (χ2v) is 16.4. The van der Waals surface area contributed by atoms with E-state index in [1.807, 2.05) is 13.0 Å². The smallest absolute Gasteiger partial charge is 0.310 e. The third-order valence-corrected chi connectivity index (χ3v) is 12.0. The molecule has 2 aromatic carbocycles. The molecule has 0 spiro atoms. The molecule has 2 fully saturated rings. The van der Waals surface area contributed by atoms with E-state index < -0.39 is 59.4 Å². The highest BCUT2D eigenvalue weighted by Gasteiger charge is 2.54. The van der Waals surface area contributed by atoms with Crippen molar-refractivity contribution in [1.82, 2.24) is 29.1 Å². The second kappa shape index (κ2) is 15.1. The van der Waals surface area contributed by atoms with Crippen LogP contribution in [0.4, 0.5) is 42.4 Å². The number of fused-ring (bicyclic) bond motifs is 4. The molecule has 2 atom stereocenters. The molecular formula is C44H39F7N8O4. The van der Waals surface area contributed by atoms with Crippen LogP contribution in [0.25, 0.3) is 32.8 Å². The molecule has 1 aliphatic heterocycles. The molecule has 0 amide bonds. The maximum Gasteiger partial charge on any atom is 0.310 e. The van der Waals surface area contributed by atoms with E-state index in [4.69, 9.17) is 9.15 Å². The van der Waals surface area contributed by atoms with Gasteiger partial charge in [-0.2, -0.15) is 8.78 Å². The van der Waals surface area contributed by atoms with Crippen LogP contribution in [0, 0.1) is 19.7 Å². The van der Waals surface area contributed by atoms with E-state index in [1.54, 1.807) is 39.0 Å². The van der Waals surface area contributed by atoms with Gasteiger partial charge in [-0.05, 0) is 65.5 Å². The molecule has 2 N–H and O–H groups in total. The second-order valence-electron chi connectivity index (χ2n) is 16.4. The number of ether oxygens (including phenoxy) is 1. The first-order valence-electron chi connectivity index (χ1n) is 20.1. The summed E-state index contributed by atoms with van der Waals surface area (Å²) in [6.45, 7) is 6.23. The largest absolute Gasteiger partial charge is 0.486 e. The van der Waals surface area contributed by atoms with Crippen molar-refractivity contribution < 1.29 is 39.9 Å². The fourth-order valence-corrected chi connectivity index (χ4v) is 8.28. The fraction of sp³-hybridized carbons (Fsp3) is 0.364. The Bertz CT molecular complexity index is 3070. The summed E-state index contributed by atoms with van der Waals surface area (Å²) in [5.74, 6) is -1.86. The number of alkyl halides is 6. The summed E-state index contributed by atoms with van der Waals surface area (Å²) in [4.78, 5) is 42.5. The maximum absolute atomic E-state index is 14.1. The Morgan fingerprint density at radius 1 is 0.698 bits per heavy atom. The Morgan fingerprint density at radius 2 is 1.19 bits per heavy atom. The van der Waals surface area contributed by atoms with E-state index in [9.17, 15) is 40.3 Å². The van der Waals surface area contributed by atoms with Gasteiger partial charge in [0, 0.05) is 35.7 Å². The molecule has 0 saturated heterocycles. The van der Waals surface area contributed by atoms with Gasteiger partial charge >= 0.3 is 5.92 Å². The summed E-state index contributed by atoms with van der Waals surface area (Å²) in [6.07, 6.45) is -0.566. The highest BCUT2D eigenvalue weighted by Crippen LogP contribution is 2.49. The van der Waals surface area contributed by atoms with Gasteiger partial charge in [-0.3, -0.25) is 9.59 Å². The van der Waals surface area contributed by atoms with Crippen LogP contribution in [-0.2, 0) is 17.0 Å². The van der Waals surface area contributed by atoms with E-state index in [0.717, 1.165) is 15.4 Å². The van der Waals surface area contributed by atoms with Gasteiger partial charge in [-0.15, -0.1) is 0 Å². The quantitative estimate of drug-likeness (QED) is 0.128. The molecule has 7 aromatic rings. The van der Waals surface area contributed by atoms with Crippen molar-refractivity contribution in [2.24, 2.45) is 0 Å².